The van der Waals surface area contributed by atoms with Crippen LogP contribution in [0, 0.1) is 12.3 Å². The van der Waals surface area contributed by atoms with Crippen LogP contribution in [0.4, 0.5) is 0 Å². The van der Waals surface area contributed by atoms with Crippen LogP contribution in [-0.4, -0.2) is 6.04 Å². The highest BCUT2D eigenvalue weighted by molar-refractivity contribution is 9.10. The van der Waals surface area contributed by atoms with Gasteiger partial charge in [-0.3, -0.25) is 5.32 Å². The monoisotopic (exact) mass is 251 g/mol. The molecule has 0 radical (unpaired) electrons. The van der Waals surface area contributed by atoms with Gasteiger partial charge >= 0.3 is 0 Å². The van der Waals surface area contributed by atoms with Crippen molar-refractivity contribution in [1.82, 2.24) is 5.32 Å². The van der Waals surface area contributed by atoms with Gasteiger partial charge in [0.15, 0.2) is 0 Å². The lowest BCUT2D eigenvalue weighted by atomic mass is 10.1. The van der Waals surface area contributed by atoms with Gasteiger partial charge in [-0.15, -0.1) is 6.42 Å². The molecule has 14 heavy (non-hydrogen) atoms. The number of hydrogen-bond donors (Lipinski definition) is 1. The molecule has 0 aliphatic carbocycles. The average molecular weight is 252 g/mol. The Bertz CT molecular complexity index is 340. The fourth-order valence-corrected chi connectivity index (χ4v) is 1.97. The predicted molar refractivity (Wildman–Crippen MR) is 64.0 cm³/mol. The topological polar surface area (TPSA) is 12.0 Å². The van der Waals surface area contributed by atoms with Crippen LogP contribution in [-0.2, 0) is 0 Å². The van der Waals surface area contributed by atoms with Crippen molar-refractivity contribution in [3.63, 3.8) is 0 Å². The summed E-state index contributed by atoms with van der Waals surface area (Å²) in [4.78, 5) is 0. The maximum atomic E-state index is 5.31. The summed E-state index contributed by atoms with van der Waals surface area (Å²) >= 11 is 3.52. The Balaban J connectivity index is 2.75. The van der Waals surface area contributed by atoms with Gasteiger partial charge < -0.3 is 0 Å². The highest BCUT2D eigenvalue weighted by Gasteiger charge is 2.09. The summed E-state index contributed by atoms with van der Waals surface area (Å²) < 4.78 is 1.12. The number of hydrogen-bond acceptors (Lipinski definition) is 1. The van der Waals surface area contributed by atoms with Gasteiger partial charge in [0.2, 0.25) is 0 Å². The van der Waals surface area contributed by atoms with E-state index in [4.69, 9.17) is 6.42 Å². The molecular weight excluding hydrogens is 238 g/mol. The quantitative estimate of drug-likeness (QED) is 0.815. The summed E-state index contributed by atoms with van der Waals surface area (Å²) in [5.41, 5.74) is 1.23. The third-order valence-corrected chi connectivity index (χ3v) is 2.84. The molecule has 0 saturated heterocycles. The highest BCUT2D eigenvalue weighted by Crippen LogP contribution is 2.22. The molecule has 1 aromatic rings. The Kier molecular flexibility index (Phi) is 4.19. The lowest BCUT2D eigenvalue weighted by Gasteiger charge is -2.17. The number of halogens is 1. The van der Waals surface area contributed by atoms with Gasteiger partial charge in [0.05, 0.1) is 6.04 Å². The Labute approximate surface area is 94.0 Å². The van der Waals surface area contributed by atoms with E-state index in [0.29, 0.717) is 0 Å². The first-order valence-corrected chi connectivity index (χ1v) is 5.41. The van der Waals surface area contributed by atoms with Crippen LogP contribution >= 0.6 is 15.9 Å². The van der Waals surface area contributed by atoms with Crippen molar-refractivity contribution in [1.29, 1.82) is 0 Å². The number of benzene rings is 1. The lowest BCUT2D eigenvalue weighted by molar-refractivity contribution is 0.545. The Hall–Kier alpha value is -0.780. The lowest BCUT2D eigenvalue weighted by Crippen LogP contribution is -2.27. The van der Waals surface area contributed by atoms with Crippen LogP contribution < -0.4 is 5.32 Å². The van der Waals surface area contributed by atoms with Gasteiger partial charge in [0.25, 0.3) is 0 Å². The van der Waals surface area contributed by atoms with E-state index in [2.05, 4.69) is 40.2 Å². The molecule has 0 aliphatic heterocycles. The molecule has 0 fully saturated rings. The molecule has 1 aromatic carbocycles. The third kappa shape index (κ3) is 2.87. The minimum absolute atomic E-state index is 0.0945. The summed E-state index contributed by atoms with van der Waals surface area (Å²) in [6, 6.07) is 8.51. The van der Waals surface area contributed by atoms with E-state index in [1.165, 1.54) is 5.56 Å². The first-order valence-electron chi connectivity index (χ1n) is 4.61. The predicted octanol–water partition coefficient (Wildman–Crippen LogP) is 3.12. The molecule has 1 nitrogen and oxygen atoms in total. The van der Waals surface area contributed by atoms with E-state index in [1.54, 1.807) is 0 Å². The van der Waals surface area contributed by atoms with Gasteiger partial charge in [-0.2, -0.15) is 0 Å². The molecule has 0 spiro atoms. The molecule has 1 rings (SSSR count). The van der Waals surface area contributed by atoms with Crippen molar-refractivity contribution in [2.45, 2.75) is 25.9 Å². The summed E-state index contributed by atoms with van der Waals surface area (Å²) in [5.74, 6) is 2.66. The zero-order valence-electron chi connectivity index (χ0n) is 8.42. The summed E-state index contributed by atoms with van der Waals surface area (Å²) in [5, 5.41) is 3.32. The minimum Gasteiger partial charge on any atom is -0.297 e. The standard InChI is InChI=1S/C12H14BrN/c1-4-9(2)14-10(3)11-7-5-6-8-12(11)13/h1,5-10,14H,2-3H3/t9?,10-/m1/s1. The maximum absolute atomic E-state index is 5.31. The van der Waals surface area contributed by atoms with E-state index in [0.717, 1.165) is 4.47 Å². The molecular formula is C12H14BrN. The molecule has 0 aliphatic rings. The first kappa shape index (κ1) is 11.3. The molecule has 0 heterocycles. The van der Waals surface area contributed by atoms with E-state index in [9.17, 15) is 0 Å². The minimum atomic E-state index is 0.0945. The third-order valence-electron chi connectivity index (χ3n) is 2.12. The van der Waals surface area contributed by atoms with Crippen LogP contribution in [0.1, 0.15) is 25.5 Å². The van der Waals surface area contributed by atoms with E-state index in [-0.39, 0.29) is 12.1 Å². The van der Waals surface area contributed by atoms with Gasteiger partial charge in [-0.05, 0) is 25.5 Å². The summed E-state index contributed by atoms with van der Waals surface area (Å²) in [6.07, 6.45) is 5.31. The molecule has 2 atom stereocenters. The molecule has 0 bridgehead atoms. The Morgan fingerprint density at radius 2 is 2.00 bits per heavy atom. The van der Waals surface area contributed by atoms with Crippen molar-refractivity contribution in [3.8, 4) is 12.3 Å². The van der Waals surface area contributed by atoms with Crippen molar-refractivity contribution in [3.05, 3.63) is 34.3 Å². The molecule has 1 N–H and O–H groups in total. The fourth-order valence-electron chi connectivity index (χ4n) is 1.34. The molecule has 0 aromatic heterocycles. The van der Waals surface area contributed by atoms with Crippen LogP contribution in [0.3, 0.4) is 0 Å². The van der Waals surface area contributed by atoms with Gasteiger partial charge in [0, 0.05) is 10.5 Å². The molecule has 0 saturated carbocycles. The SMILES string of the molecule is C#CC(C)N[C@H](C)c1ccccc1Br. The number of terminal acetylenes is 1. The summed E-state index contributed by atoms with van der Waals surface area (Å²) in [6.45, 7) is 4.08. The molecule has 74 valence electrons. The molecule has 1 unspecified atom stereocenters. The molecule has 2 heteroatoms. The largest absolute Gasteiger partial charge is 0.297 e. The summed E-state index contributed by atoms with van der Waals surface area (Å²) in [7, 11) is 0. The Morgan fingerprint density at radius 3 is 2.57 bits per heavy atom. The normalized spacial score (nSPS) is 14.4. The second-order valence-electron chi connectivity index (χ2n) is 3.30. The second kappa shape index (κ2) is 5.19. The van der Waals surface area contributed by atoms with Crippen molar-refractivity contribution >= 4 is 15.9 Å². The average Bonchev–Trinajstić information content (AvgIpc) is 2.18. The maximum Gasteiger partial charge on any atom is 0.0662 e. The van der Waals surface area contributed by atoms with Crippen molar-refractivity contribution < 1.29 is 0 Å². The van der Waals surface area contributed by atoms with Crippen LogP contribution in [0.2, 0.25) is 0 Å². The van der Waals surface area contributed by atoms with Crippen LogP contribution in [0.15, 0.2) is 28.7 Å². The molecule has 0 amide bonds. The second-order valence-corrected chi connectivity index (χ2v) is 4.15. The highest BCUT2D eigenvalue weighted by atomic mass is 79.9. The smallest absolute Gasteiger partial charge is 0.0662 e. The number of rotatable bonds is 3. The van der Waals surface area contributed by atoms with E-state index < -0.39 is 0 Å². The fraction of sp³-hybridized carbons (Fsp3) is 0.333. The Morgan fingerprint density at radius 1 is 1.36 bits per heavy atom. The van der Waals surface area contributed by atoms with Gasteiger partial charge in [-0.25, -0.2) is 0 Å². The van der Waals surface area contributed by atoms with E-state index in [1.807, 2.05) is 25.1 Å². The van der Waals surface area contributed by atoms with Crippen LogP contribution in [0.5, 0.6) is 0 Å². The van der Waals surface area contributed by atoms with E-state index >= 15 is 0 Å². The zero-order chi connectivity index (χ0) is 10.6. The first-order chi connectivity index (χ1) is 6.65. The van der Waals surface area contributed by atoms with Crippen LogP contribution in [0.25, 0.3) is 0 Å². The number of nitrogens with one attached hydrogen (secondary N) is 1. The van der Waals surface area contributed by atoms with Gasteiger partial charge in [0.1, 0.15) is 0 Å². The zero-order valence-corrected chi connectivity index (χ0v) is 10.0. The van der Waals surface area contributed by atoms with Crippen molar-refractivity contribution in [2.75, 3.05) is 0 Å². The van der Waals surface area contributed by atoms with Crippen molar-refractivity contribution in [2.24, 2.45) is 0 Å². The van der Waals surface area contributed by atoms with Gasteiger partial charge in [-0.1, -0.05) is 40.0 Å².